The zero-order valence-corrected chi connectivity index (χ0v) is 10.2. The Balaban J connectivity index is 1.73. The molecule has 1 fully saturated rings. The Morgan fingerprint density at radius 2 is 2.12 bits per heavy atom. The Kier molecular flexibility index (Phi) is 3.22. The number of hydrogen-bond acceptors (Lipinski definition) is 4. The zero-order chi connectivity index (χ0) is 11.5. The van der Waals surface area contributed by atoms with Gasteiger partial charge in [0.05, 0.1) is 5.69 Å². The quantitative estimate of drug-likeness (QED) is 0.826. The second kappa shape index (κ2) is 5.00. The summed E-state index contributed by atoms with van der Waals surface area (Å²) < 4.78 is 0. The summed E-state index contributed by atoms with van der Waals surface area (Å²) >= 11 is 0. The van der Waals surface area contributed by atoms with Gasteiger partial charge in [-0.3, -0.25) is 0 Å². The van der Waals surface area contributed by atoms with Crippen LogP contribution in [0.15, 0.2) is 6.33 Å². The lowest BCUT2D eigenvalue weighted by atomic mass is 9.85. The number of nitrogens with zero attached hydrogens (tertiary/aromatic N) is 2. The lowest BCUT2D eigenvalue weighted by Gasteiger charge is -2.26. The number of aromatic nitrogens is 2. The van der Waals surface area contributed by atoms with Crippen LogP contribution in [0.4, 0.5) is 5.82 Å². The second-order valence-corrected chi connectivity index (χ2v) is 5.08. The van der Waals surface area contributed by atoms with Crippen LogP contribution in [0.2, 0.25) is 0 Å². The smallest absolute Gasteiger partial charge is 0.132 e. The van der Waals surface area contributed by atoms with Crippen molar-refractivity contribution in [1.82, 2.24) is 15.3 Å². The molecule has 17 heavy (non-hydrogen) atoms. The summed E-state index contributed by atoms with van der Waals surface area (Å²) in [5, 5.41) is 6.94. The topological polar surface area (TPSA) is 49.8 Å². The largest absolute Gasteiger partial charge is 0.369 e. The van der Waals surface area contributed by atoms with Gasteiger partial charge >= 0.3 is 0 Å². The first kappa shape index (κ1) is 11.0. The van der Waals surface area contributed by atoms with Crippen molar-refractivity contribution in [1.29, 1.82) is 0 Å². The predicted octanol–water partition coefficient (Wildman–Crippen LogP) is 1.38. The average Bonchev–Trinajstić information content (AvgIpc) is 2.52. The lowest BCUT2D eigenvalue weighted by molar-refractivity contribution is 0.333. The van der Waals surface area contributed by atoms with Crippen LogP contribution in [0, 0.1) is 5.92 Å². The highest BCUT2D eigenvalue weighted by Crippen LogP contribution is 2.27. The molecule has 92 valence electrons. The Morgan fingerprint density at radius 3 is 2.94 bits per heavy atom. The van der Waals surface area contributed by atoms with Crippen molar-refractivity contribution in [3.8, 4) is 0 Å². The molecule has 1 aliphatic carbocycles. The maximum Gasteiger partial charge on any atom is 0.132 e. The van der Waals surface area contributed by atoms with Gasteiger partial charge < -0.3 is 10.6 Å². The van der Waals surface area contributed by atoms with E-state index in [4.69, 9.17) is 0 Å². The summed E-state index contributed by atoms with van der Waals surface area (Å²) in [5.41, 5.74) is 2.55. The summed E-state index contributed by atoms with van der Waals surface area (Å²) in [5.74, 6) is 1.94. The van der Waals surface area contributed by atoms with Gasteiger partial charge in [0, 0.05) is 25.1 Å². The van der Waals surface area contributed by atoms with Crippen LogP contribution in [0.1, 0.15) is 30.5 Å². The molecule has 1 aromatic rings. The second-order valence-electron chi connectivity index (χ2n) is 5.08. The molecule has 4 nitrogen and oxygen atoms in total. The van der Waals surface area contributed by atoms with Crippen LogP contribution in [0.25, 0.3) is 0 Å². The van der Waals surface area contributed by atoms with Crippen LogP contribution in [0.5, 0.6) is 0 Å². The maximum absolute atomic E-state index is 4.41. The number of rotatable bonds is 3. The fraction of sp³-hybridized carbons (Fsp3) is 0.692. The average molecular weight is 232 g/mol. The van der Waals surface area contributed by atoms with E-state index in [0.29, 0.717) is 0 Å². The van der Waals surface area contributed by atoms with Crippen LogP contribution in [-0.2, 0) is 12.8 Å². The highest BCUT2D eigenvalue weighted by molar-refractivity contribution is 5.46. The van der Waals surface area contributed by atoms with E-state index in [-0.39, 0.29) is 0 Å². The summed E-state index contributed by atoms with van der Waals surface area (Å²) in [7, 11) is 0. The van der Waals surface area contributed by atoms with Crippen LogP contribution in [-0.4, -0.2) is 29.6 Å². The van der Waals surface area contributed by atoms with Crippen LogP contribution < -0.4 is 10.6 Å². The van der Waals surface area contributed by atoms with Crippen molar-refractivity contribution in [2.75, 3.05) is 25.0 Å². The third-order valence-electron chi connectivity index (χ3n) is 3.91. The molecule has 0 radical (unpaired) electrons. The first-order valence-corrected chi connectivity index (χ1v) is 6.71. The van der Waals surface area contributed by atoms with Crippen LogP contribution in [0.3, 0.4) is 0 Å². The molecule has 0 spiro atoms. The molecule has 2 heterocycles. The summed E-state index contributed by atoms with van der Waals surface area (Å²) in [6.45, 7) is 3.15. The molecular weight excluding hydrogens is 212 g/mol. The minimum absolute atomic E-state index is 0.865. The van der Waals surface area contributed by atoms with E-state index in [9.17, 15) is 0 Å². The zero-order valence-electron chi connectivity index (χ0n) is 10.2. The van der Waals surface area contributed by atoms with Crippen molar-refractivity contribution < 1.29 is 0 Å². The van der Waals surface area contributed by atoms with E-state index < -0.39 is 0 Å². The van der Waals surface area contributed by atoms with E-state index >= 15 is 0 Å². The Labute approximate surface area is 102 Å². The van der Waals surface area contributed by atoms with Crippen LogP contribution >= 0.6 is 0 Å². The van der Waals surface area contributed by atoms with Gasteiger partial charge in [-0.2, -0.15) is 0 Å². The molecule has 2 N–H and O–H groups in total. The number of hydrogen-bond donors (Lipinski definition) is 2. The van der Waals surface area contributed by atoms with E-state index in [2.05, 4.69) is 20.6 Å². The first-order valence-electron chi connectivity index (χ1n) is 6.71. The number of nitrogens with one attached hydrogen (secondary N) is 2. The van der Waals surface area contributed by atoms with Gasteiger partial charge in [-0.05, 0) is 31.7 Å². The molecule has 0 saturated heterocycles. The molecule has 3 rings (SSSR count). The Morgan fingerprint density at radius 1 is 1.24 bits per heavy atom. The first-order chi connectivity index (χ1) is 8.43. The summed E-state index contributed by atoms with van der Waals surface area (Å²) in [6.07, 6.45) is 7.92. The van der Waals surface area contributed by atoms with Gasteiger partial charge in [-0.1, -0.05) is 6.42 Å². The van der Waals surface area contributed by atoms with E-state index in [1.807, 2.05) is 0 Å². The van der Waals surface area contributed by atoms with E-state index in [0.717, 1.165) is 44.2 Å². The van der Waals surface area contributed by atoms with E-state index in [1.54, 1.807) is 6.33 Å². The van der Waals surface area contributed by atoms with Gasteiger partial charge in [-0.15, -0.1) is 0 Å². The Hall–Kier alpha value is -1.16. The molecule has 1 saturated carbocycles. The van der Waals surface area contributed by atoms with Gasteiger partial charge in [0.15, 0.2) is 0 Å². The molecule has 2 aliphatic rings. The Bertz CT molecular complexity index is 387. The molecule has 4 heteroatoms. The molecule has 0 atom stereocenters. The van der Waals surface area contributed by atoms with Crippen molar-refractivity contribution in [2.24, 2.45) is 5.92 Å². The van der Waals surface area contributed by atoms with Gasteiger partial charge in [0.2, 0.25) is 0 Å². The lowest BCUT2D eigenvalue weighted by Crippen LogP contribution is -2.22. The van der Waals surface area contributed by atoms with Crippen molar-refractivity contribution in [2.45, 2.75) is 32.1 Å². The summed E-state index contributed by atoms with van der Waals surface area (Å²) in [6, 6.07) is 0. The normalized spacial score (nSPS) is 20.2. The SMILES string of the molecule is c1nc2c(c(NCC3CCC3)n1)CCNCC2. The molecule has 0 amide bonds. The fourth-order valence-corrected chi connectivity index (χ4v) is 2.56. The van der Waals surface area contributed by atoms with Crippen molar-refractivity contribution in [3.05, 3.63) is 17.6 Å². The standard InChI is InChI=1S/C13H20N4/c1-2-10(3-1)8-15-13-11-4-6-14-7-5-12(11)16-9-17-13/h9-10,14H,1-8H2,(H,15,16,17). The van der Waals surface area contributed by atoms with Gasteiger partial charge in [0.1, 0.15) is 12.1 Å². The molecular formula is C13H20N4. The number of anilines is 1. The third kappa shape index (κ3) is 2.41. The predicted molar refractivity (Wildman–Crippen MR) is 68.1 cm³/mol. The molecule has 1 aliphatic heterocycles. The summed E-state index contributed by atoms with van der Waals surface area (Å²) in [4.78, 5) is 8.82. The van der Waals surface area contributed by atoms with Crippen molar-refractivity contribution >= 4 is 5.82 Å². The monoisotopic (exact) mass is 232 g/mol. The van der Waals surface area contributed by atoms with Gasteiger partial charge in [0.25, 0.3) is 0 Å². The maximum atomic E-state index is 4.41. The number of fused-ring (bicyclic) bond motifs is 1. The molecule has 1 aromatic heterocycles. The van der Waals surface area contributed by atoms with Crippen molar-refractivity contribution in [3.63, 3.8) is 0 Å². The minimum Gasteiger partial charge on any atom is -0.369 e. The highest BCUT2D eigenvalue weighted by Gasteiger charge is 2.19. The van der Waals surface area contributed by atoms with E-state index in [1.165, 1.54) is 30.5 Å². The highest BCUT2D eigenvalue weighted by atomic mass is 15.0. The molecule has 0 unspecified atom stereocenters. The fourth-order valence-electron chi connectivity index (χ4n) is 2.56. The molecule has 0 bridgehead atoms. The molecule has 0 aromatic carbocycles. The van der Waals surface area contributed by atoms with Gasteiger partial charge in [-0.25, -0.2) is 9.97 Å². The minimum atomic E-state index is 0.865. The third-order valence-corrected chi connectivity index (χ3v) is 3.91.